The third-order valence-electron chi connectivity index (χ3n) is 11.5. The van der Waals surface area contributed by atoms with E-state index in [-0.39, 0.29) is 47.6 Å². The van der Waals surface area contributed by atoms with Crippen LogP contribution in [-0.4, -0.2) is 124 Å². The second kappa shape index (κ2) is 23.7. The van der Waals surface area contributed by atoms with Crippen molar-refractivity contribution in [3.8, 4) is 17.6 Å². The van der Waals surface area contributed by atoms with Gasteiger partial charge in [-0.15, -0.1) is 5.10 Å². The van der Waals surface area contributed by atoms with Crippen LogP contribution in [0, 0.1) is 22.2 Å². The fourth-order valence-electron chi connectivity index (χ4n) is 8.48. The molecule has 3 N–H and O–H groups in total. The van der Waals surface area contributed by atoms with E-state index in [9.17, 15) is 24.4 Å². The first-order chi connectivity index (χ1) is 31.8. The number of rotatable bonds is 26. The van der Waals surface area contributed by atoms with Gasteiger partial charge in [0.05, 0.1) is 75.4 Å². The van der Waals surface area contributed by atoms with Gasteiger partial charge in [0.15, 0.2) is 0 Å². The fraction of sp³-hybridized carbons (Fsp3) is 0.511. The summed E-state index contributed by atoms with van der Waals surface area (Å²) < 4.78 is 41.1. The van der Waals surface area contributed by atoms with Gasteiger partial charge in [0, 0.05) is 53.8 Å². The Balaban J connectivity index is 0.734. The van der Waals surface area contributed by atoms with Gasteiger partial charge in [-0.1, -0.05) is 50.6 Å². The largest absolute Gasteiger partial charge is 0.491 e. The zero-order valence-corrected chi connectivity index (χ0v) is 38.5. The molecule has 4 aromatic rings. The van der Waals surface area contributed by atoms with Gasteiger partial charge in [-0.05, 0) is 61.4 Å². The lowest BCUT2D eigenvalue weighted by Crippen LogP contribution is -2.74. The summed E-state index contributed by atoms with van der Waals surface area (Å²) in [5.74, 6) is 0.0934. The van der Waals surface area contributed by atoms with Gasteiger partial charge in [-0.2, -0.15) is 9.94 Å². The van der Waals surface area contributed by atoms with E-state index in [0.29, 0.717) is 130 Å². The highest BCUT2D eigenvalue weighted by molar-refractivity contribution is 6.31. The number of imide groups is 1. The van der Waals surface area contributed by atoms with Crippen LogP contribution in [0.1, 0.15) is 68.9 Å². The Morgan fingerprint density at radius 3 is 2.05 bits per heavy atom. The van der Waals surface area contributed by atoms with Crippen molar-refractivity contribution in [3.63, 3.8) is 0 Å². The first-order valence-electron chi connectivity index (χ1n) is 22.1. The van der Waals surface area contributed by atoms with E-state index in [2.05, 4.69) is 60.0 Å². The lowest BCUT2D eigenvalue weighted by atomic mass is 9.49. The molecular formula is C47H58ClN7O11. The third-order valence-corrected chi connectivity index (χ3v) is 11.8. The summed E-state index contributed by atoms with van der Waals surface area (Å²) in [4.78, 5) is 50.4. The van der Waals surface area contributed by atoms with E-state index in [0.717, 1.165) is 4.68 Å². The molecule has 2 aliphatic rings. The number of nitrogens with zero attached hydrogens (tertiary/aromatic N) is 4. The minimum atomic E-state index is -0.890. The third kappa shape index (κ3) is 12.8. The number of carbonyl (C=O) groups is 3. The Morgan fingerprint density at radius 1 is 0.833 bits per heavy atom. The van der Waals surface area contributed by atoms with Crippen LogP contribution in [0.4, 0.5) is 5.69 Å². The molecule has 66 heavy (non-hydrogen) atoms. The van der Waals surface area contributed by atoms with Crippen LogP contribution in [-0.2, 0) is 33.3 Å². The number of carbonyl (C=O) groups excluding carboxylic acids is 3. The number of aromatic nitrogens is 3. The van der Waals surface area contributed by atoms with Gasteiger partial charge in [0.2, 0.25) is 5.91 Å². The van der Waals surface area contributed by atoms with Crippen LogP contribution in [0.2, 0.25) is 5.02 Å². The fourth-order valence-corrected chi connectivity index (χ4v) is 8.69. The van der Waals surface area contributed by atoms with Gasteiger partial charge in [-0.3, -0.25) is 24.5 Å². The molecule has 0 spiro atoms. The van der Waals surface area contributed by atoms with Gasteiger partial charge < -0.3 is 43.8 Å². The lowest BCUT2D eigenvalue weighted by Gasteiger charge is -2.63. The Kier molecular flexibility index (Phi) is 17.8. The molecule has 1 aliphatic heterocycles. The Morgan fingerprint density at radius 2 is 1.44 bits per heavy atom. The molecule has 0 radical (unpaired) electrons. The molecule has 19 heteroatoms. The van der Waals surface area contributed by atoms with E-state index in [4.69, 9.17) is 44.8 Å². The Labute approximate surface area is 388 Å². The van der Waals surface area contributed by atoms with Crippen molar-refractivity contribution in [2.75, 3.05) is 84.5 Å². The molecule has 1 saturated heterocycles. The van der Waals surface area contributed by atoms with Crippen LogP contribution in [0.15, 0.2) is 65.5 Å². The van der Waals surface area contributed by atoms with Gasteiger partial charge in [0.1, 0.15) is 41.8 Å². The maximum Gasteiger partial charge on any atom is 0.280 e. The molecule has 1 atom stereocenters. The van der Waals surface area contributed by atoms with Crippen LogP contribution < -0.4 is 31.0 Å². The van der Waals surface area contributed by atoms with Crippen LogP contribution in [0.5, 0.6) is 11.5 Å². The van der Waals surface area contributed by atoms with Crippen molar-refractivity contribution in [3.05, 3.63) is 87.2 Å². The summed E-state index contributed by atoms with van der Waals surface area (Å²) in [5, 5.41) is 26.6. The molecule has 2 fully saturated rings. The topological polar surface area (TPSA) is 223 Å². The quantitative estimate of drug-likeness (QED) is 0.0565. The number of amides is 3. The molecule has 1 aromatic heterocycles. The number of nitriles is 1. The minimum absolute atomic E-state index is 0.126. The number of anilines is 1. The summed E-state index contributed by atoms with van der Waals surface area (Å²) in [5.41, 5.74) is 0.701. The number of benzene rings is 3. The van der Waals surface area contributed by atoms with E-state index in [1.54, 1.807) is 60.7 Å². The number of halogens is 1. The zero-order valence-electron chi connectivity index (χ0n) is 37.8. The second-order valence-corrected chi connectivity index (χ2v) is 17.4. The monoisotopic (exact) mass is 931 g/mol. The van der Waals surface area contributed by atoms with Crippen molar-refractivity contribution < 1.29 is 47.5 Å². The van der Waals surface area contributed by atoms with Gasteiger partial charge in [0.25, 0.3) is 17.4 Å². The highest BCUT2D eigenvalue weighted by Crippen LogP contribution is 2.55. The van der Waals surface area contributed by atoms with E-state index in [1.165, 1.54) is 0 Å². The smallest absolute Gasteiger partial charge is 0.280 e. The molecule has 354 valence electrons. The van der Waals surface area contributed by atoms with Crippen molar-refractivity contribution in [1.82, 2.24) is 25.6 Å². The number of hydrogen-bond acceptors (Lipinski definition) is 15. The lowest BCUT2D eigenvalue weighted by molar-refractivity contribution is -0.164. The molecule has 3 aromatic carbocycles. The predicted molar refractivity (Wildman–Crippen MR) is 244 cm³/mol. The molecule has 0 bridgehead atoms. The maximum absolute atomic E-state index is 13.3. The highest BCUT2D eigenvalue weighted by atomic mass is 35.5. The predicted octanol–water partition coefficient (Wildman–Crippen LogP) is 4.87. The Hall–Kier alpha value is -5.68. The van der Waals surface area contributed by atoms with Crippen molar-refractivity contribution in [2.45, 2.75) is 65.1 Å². The number of piperidine rings is 1. The number of nitrogens with one attached hydrogen (secondary N) is 3. The zero-order chi connectivity index (χ0) is 47.1. The van der Waals surface area contributed by atoms with E-state index < -0.39 is 17.5 Å². The van der Waals surface area contributed by atoms with E-state index >= 15 is 0 Å². The summed E-state index contributed by atoms with van der Waals surface area (Å²) in [6.07, 6.45) is 0.790. The number of ether oxygens (including phenoxy) is 7. The van der Waals surface area contributed by atoms with Crippen molar-refractivity contribution in [2.24, 2.45) is 10.8 Å². The molecule has 3 amide bonds. The van der Waals surface area contributed by atoms with E-state index in [1.807, 2.05) is 0 Å². The van der Waals surface area contributed by atoms with Crippen molar-refractivity contribution >= 4 is 45.9 Å². The second-order valence-electron chi connectivity index (χ2n) is 17.0. The van der Waals surface area contributed by atoms with Crippen molar-refractivity contribution in [1.29, 1.82) is 5.26 Å². The molecule has 2 heterocycles. The summed E-state index contributed by atoms with van der Waals surface area (Å²) in [6.45, 7) is 13.4. The van der Waals surface area contributed by atoms with Gasteiger partial charge in [-0.25, -0.2) is 0 Å². The summed E-state index contributed by atoms with van der Waals surface area (Å²) in [7, 11) is 0. The molecule has 6 rings (SSSR count). The van der Waals surface area contributed by atoms with Gasteiger partial charge >= 0.3 is 0 Å². The molecule has 1 saturated carbocycles. The molecule has 1 unspecified atom stereocenters. The molecular weight excluding hydrogens is 874 g/mol. The average molecular weight is 932 g/mol. The maximum atomic E-state index is 13.3. The number of hydrogen-bond donors (Lipinski definition) is 3. The summed E-state index contributed by atoms with van der Waals surface area (Å²) >= 11 is 6.22. The highest BCUT2D eigenvalue weighted by Gasteiger charge is 2.64. The Bertz CT molecular complexity index is 2370. The van der Waals surface area contributed by atoms with Crippen LogP contribution in [0.3, 0.4) is 0 Å². The molecule has 18 nitrogen and oxygen atoms in total. The van der Waals surface area contributed by atoms with Crippen LogP contribution in [0.25, 0.3) is 10.9 Å². The minimum Gasteiger partial charge on any atom is -0.491 e. The number of fused-ring (bicyclic) bond motifs is 1. The molecule has 1 aliphatic carbocycles. The summed E-state index contributed by atoms with van der Waals surface area (Å²) in [6, 6.07) is 18.3. The SMILES string of the molecule is CC1(C)[C@H](NC(=O)c2ccc(OCCOCCOCCOCCOCCOCCCNc3cccc4nnn(C5CCC(=O)NC5=O)c(=O)c34)cc2)C(C)(C)[C@H]1Oc1ccc(C#N)c(Cl)c1. The normalized spacial score (nSPS) is 18.5. The first kappa shape index (κ1) is 49.7. The standard InChI is InChI=1S/C47H58ClN7O11/c1-46(2)44(47(3,4)45(46)66-34-14-11-32(30-49)35(48)29-34)52-41(57)31-9-12-33(13-10-31)65-28-27-64-26-25-63-24-23-62-22-21-61-20-19-60-18-6-17-50-36-7-5-8-37-40(36)43(59)55(54-53-37)38-15-16-39(56)51-42(38)58/h5,7-14,29,38,44-45,50H,6,15-28H2,1-4H3,(H,52,57)(H,51,56,58)/t38?,44-,45-. The average Bonchev–Trinajstić information content (AvgIpc) is 3.29. The first-order valence-corrected chi connectivity index (χ1v) is 22.4. The van der Waals surface area contributed by atoms with Crippen LogP contribution >= 0.6 is 11.6 Å².